The smallest absolute Gasteiger partial charge is 0.261 e. The van der Waals surface area contributed by atoms with Crippen LogP contribution in [0.3, 0.4) is 0 Å². The van der Waals surface area contributed by atoms with Gasteiger partial charge in [0.25, 0.3) is 5.91 Å². The zero-order valence-electron chi connectivity index (χ0n) is 21.4. The molecule has 2 spiro atoms. The maximum Gasteiger partial charge on any atom is 0.261 e. The van der Waals surface area contributed by atoms with Crippen LogP contribution in [-0.4, -0.2) is 53.4 Å². The Hall–Kier alpha value is -2.50. The number of carbonyl (C=O) groups excluding carboxylic acids is 3. The first-order valence-electron chi connectivity index (χ1n) is 13.6. The average molecular weight is 562 g/mol. The molecule has 5 rings (SSSR count). The van der Waals surface area contributed by atoms with Gasteiger partial charge in [0.2, 0.25) is 11.8 Å². The Bertz CT molecular complexity index is 1140. The number of carbonyl (C=O) groups is 3. The van der Waals surface area contributed by atoms with E-state index in [4.69, 9.17) is 27.9 Å². The lowest BCUT2D eigenvalue weighted by atomic mass is 9.72. The van der Waals surface area contributed by atoms with Gasteiger partial charge in [0.15, 0.2) is 6.61 Å². The van der Waals surface area contributed by atoms with Crippen LogP contribution in [0.25, 0.3) is 0 Å². The fourth-order valence-electron chi connectivity index (χ4n) is 6.49. The Kier molecular flexibility index (Phi) is 7.79. The van der Waals surface area contributed by atoms with E-state index in [1.165, 1.54) is 0 Å². The summed E-state index contributed by atoms with van der Waals surface area (Å²) in [6, 6.07) is 5.48. The number of likely N-dealkylation sites (tertiary alicyclic amines) is 1. The van der Waals surface area contributed by atoms with Crippen LogP contribution in [0, 0.1) is 22.7 Å². The van der Waals surface area contributed by atoms with E-state index in [1.54, 1.807) is 23.1 Å². The zero-order valence-corrected chi connectivity index (χ0v) is 23.0. The van der Waals surface area contributed by atoms with Crippen molar-refractivity contribution in [1.82, 2.24) is 15.5 Å². The first-order valence-corrected chi connectivity index (χ1v) is 14.4. The Labute approximate surface area is 233 Å². The third-order valence-electron chi connectivity index (χ3n) is 8.87. The van der Waals surface area contributed by atoms with Gasteiger partial charge in [-0.3, -0.25) is 14.4 Å². The van der Waals surface area contributed by atoms with Crippen molar-refractivity contribution in [2.24, 2.45) is 11.3 Å². The number of nitriles is 1. The lowest BCUT2D eigenvalue weighted by Crippen LogP contribution is -2.51. The molecule has 2 N–H and O–H groups in total. The highest BCUT2D eigenvalue weighted by Gasteiger charge is 2.50. The monoisotopic (exact) mass is 560 g/mol. The van der Waals surface area contributed by atoms with Crippen LogP contribution in [0.4, 0.5) is 0 Å². The summed E-state index contributed by atoms with van der Waals surface area (Å²) >= 11 is 12.1. The molecule has 10 heteroatoms. The molecule has 1 aromatic carbocycles. The Morgan fingerprint density at radius 2 is 1.95 bits per heavy atom. The zero-order chi connectivity index (χ0) is 26.9. The summed E-state index contributed by atoms with van der Waals surface area (Å²) in [5.74, 6) is -0.615. The molecule has 1 aromatic rings. The molecular formula is C28H34Cl2N4O4. The Morgan fingerprint density at radius 1 is 1.18 bits per heavy atom. The van der Waals surface area contributed by atoms with Crippen LogP contribution in [0.1, 0.15) is 70.6 Å². The van der Waals surface area contributed by atoms with Crippen molar-refractivity contribution in [1.29, 1.82) is 5.26 Å². The highest BCUT2D eigenvalue weighted by Crippen LogP contribution is 2.47. The molecule has 0 unspecified atom stereocenters. The second-order valence-corrected chi connectivity index (χ2v) is 12.4. The van der Waals surface area contributed by atoms with Gasteiger partial charge in [0, 0.05) is 23.0 Å². The molecule has 0 bridgehead atoms. The SMILES string of the molecule is N#C[C@H](C[C@@H]1CCC2(CC2)NC1=O)NC(=O)[C@@H]1CC2(CCCCC2)CN1C(=O)COc1ccc(Cl)cc1Cl. The number of nitrogens with zero attached hydrogens (tertiary/aromatic N) is 2. The van der Waals surface area contributed by atoms with Crippen LogP contribution < -0.4 is 15.4 Å². The summed E-state index contributed by atoms with van der Waals surface area (Å²) < 4.78 is 5.70. The summed E-state index contributed by atoms with van der Waals surface area (Å²) in [5.41, 5.74) is -0.117. The summed E-state index contributed by atoms with van der Waals surface area (Å²) in [6.45, 7) is 0.235. The molecule has 4 fully saturated rings. The molecule has 2 aliphatic carbocycles. The number of nitrogens with one attached hydrogen (secondary N) is 2. The first-order chi connectivity index (χ1) is 18.2. The van der Waals surface area contributed by atoms with E-state index in [0.29, 0.717) is 28.8 Å². The topological polar surface area (TPSA) is 112 Å². The molecule has 3 amide bonds. The molecule has 38 heavy (non-hydrogen) atoms. The van der Waals surface area contributed by atoms with Crippen molar-refractivity contribution in [3.05, 3.63) is 28.2 Å². The van der Waals surface area contributed by atoms with Gasteiger partial charge in [-0.2, -0.15) is 5.26 Å². The molecule has 4 aliphatic rings. The van der Waals surface area contributed by atoms with Gasteiger partial charge in [-0.05, 0) is 75.0 Å². The fraction of sp³-hybridized carbons (Fsp3) is 0.643. The molecule has 0 radical (unpaired) electrons. The highest BCUT2D eigenvalue weighted by molar-refractivity contribution is 6.35. The van der Waals surface area contributed by atoms with Gasteiger partial charge in [-0.15, -0.1) is 0 Å². The summed E-state index contributed by atoms with van der Waals surface area (Å²) in [5, 5.41) is 16.5. The molecule has 3 atom stereocenters. The van der Waals surface area contributed by atoms with Gasteiger partial charge < -0.3 is 20.3 Å². The summed E-state index contributed by atoms with van der Waals surface area (Å²) in [6.07, 6.45) is 9.76. The average Bonchev–Trinajstić information content (AvgIpc) is 3.54. The third-order valence-corrected chi connectivity index (χ3v) is 9.40. The van der Waals surface area contributed by atoms with Crippen LogP contribution in [0.5, 0.6) is 5.75 Å². The van der Waals surface area contributed by atoms with E-state index in [2.05, 4.69) is 16.7 Å². The first kappa shape index (κ1) is 27.1. The lowest BCUT2D eigenvalue weighted by molar-refractivity contribution is -0.140. The summed E-state index contributed by atoms with van der Waals surface area (Å²) in [4.78, 5) is 41.1. The van der Waals surface area contributed by atoms with Crippen molar-refractivity contribution in [2.75, 3.05) is 13.2 Å². The number of amides is 3. The van der Waals surface area contributed by atoms with Gasteiger partial charge in [0.05, 0.1) is 11.1 Å². The molecular weight excluding hydrogens is 527 g/mol. The Morgan fingerprint density at radius 3 is 2.61 bits per heavy atom. The molecule has 2 heterocycles. The number of rotatable bonds is 7. The molecule has 2 aliphatic heterocycles. The van der Waals surface area contributed by atoms with Crippen LogP contribution in [-0.2, 0) is 14.4 Å². The largest absolute Gasteiger partial charge is 0.482 e. The minimum absolute atomic E-state index is 0.0176. The molecule has 204 valence electrons. The number of benzene rings is 1. The second kappa shape index (κ2) is 10.9. The van der Waals surface area contributed by atoms with Crippen LogP contribution in [0.15, 0.2) is 18.2 Å². The standard InChI is InChI=1S/C28H34Cl2N4O4/c29-19-4-5-23(21(30)13-19)38-16-24(35)34-17-27(7-2-1-3-8-27)14-22(34)26(37)32-20(15-31)12-18-6-9-28(10-11-28)33-25(18)36/h4-5,13,18,20,22H,1-3,6-12,14,16-17H2,(H,32,37)(H,33,36)/t18-,20-,22-/m0/s1. The number of halogens is 2. The Balaban J connectivity index is 1.24. The molecule has 0 aromatic heterocycles. The van der Waals surface area contributed by atoms with E-state index in [9.17, 15) is 19.6 Å². The van der Waals surface area contributed by atoms with Crippen molar-refractivity contribution < 1.29 is 19.1 Å². The van der Waals surface area contributed by atoms with Crippen molar-refractivity contribution in [3.8, 4) is 11.8 Å². The minimum Gasteiger partial charge on any atom is -0.482 e. The quantitative estimate of drug-likeness (QED) is 0.513. The van der Waals surface area contributed by atoms with Crippen molar-refractivity contribution in [2.45, 2.75) is 88.3 Å². The van der Waals surface area contributed by atoms with Gasteiger partial charge in [-0.25, -0.2) is 0 Å². The van der Waals surface area contributed by atoms with Crippen LogP contribution in [0.2, 0.25) is 10.0 Å². The number of ether oxygens (including phenoxy) is 1. The van der Waals surface area contributed by atoms with Gasteiger partial charge in [0.1, 0.15) is 17.8 Å². The molecule has 2 saturated heterocycles. The predicted octanol–water partition coefficient (Wildman–Crippen LogP) is 4.38. The van der Waals surface area contributed by atoms with Crippen LogP contribution >= 0.6 is 23.2 Å². The lowest BCUT2D eigenvalue weighted by Gasteiger charge is -2.33. The van der Waals surface area contributed by atoms with E-state index < -0.39 is 12.1 Å². The molecule has 2 saturated carbocycles. The van der Waals surface area contributed by atoms with Crippen molar-refractivity contribution in [3.63, 3.8) is 0 Å². The predicted molar refractivity (Wildman–Crippen MR) is 143 cm³/mol. The number of hydrogen-bond donors (Lipinski definition) is 2. The van der Waals surface area contributed by atoms with E-state index in [1.807, 2.05) is 0 Å². The minimum atomic E-state index is -0.796. The second-order valence-electron chi connectivity index (χ2n) is 11.6. The maximum atomic E-state index is 13.5. The van der Waals surface area contributed by atoms with Gasteiger partial charge in [-0.1, -0.05) is 42.5 Å². The van der Waals surface area contributed by atoms with E-state index >= 15 is 0 Å². The number of hydrogen-bond acceptors (Lipinski definition) is 5. The van der Waals surface area contributed by atoms with E-state index in [0.717, 1.165) is 57.8 Å². The highest BCUT2D eigenvalue weighted by atomic mass is 35.5. The number of piperidine rings is 1. The molecule has 8 nitrogen and oxygen atoms in total. The normalized spacial score (nSPS) is 25.9. The van der Waals surface area contributed by atoms with Gasteiger partial charge >= 0.3 is 0 Å². The third kappa shape index (κ3) is 5.89. The maximum absolute atomic E-state index is 13.5. The van der Waals surface area contributed by atoms with E-state index in [-0.39, 0.29) is 47.6 Å². The van der Waals surface area contributed by atoms with Crippen molar-refractivity contribution >= 4 is 40.9 Å². The fourth-order valence-corrected chi connectivity index (χ4v) is 6.95. The summed E-state index contributed by atoms with van der Waals surface area (Å²) in [7, 11) is 0.